The van der Waals surface area contributed by atoms with E-state index in [1.54, 1.807) is 30.3 Å². The maximum absolute atomic E-state index is 12.4. The van der Waals surface area contributed by atoms with Crippen LogP contribution >= 0.6 is 11.3 Å². The summed E-state index contributed by atoms with van der Waals surface area (Å²) in [5.41, 5.74) is 0.509. The van der Waals surface area contributed by atoms with Gasteiger partial charge in [0.2, 0.25) is 11.8 Å². The lowest BCUT2D eigenvalue weighted by Crippen LogP contribution is -2.40. The summed E-state index contributed by atoms with van der Waals surface area (Å²) in [6, 6.07) is 1.92. The Bertz CT molecular complexity index is 591. The Morgan fingerprint density at radius 2 is 1.91 bits per heavy atom. The molecule has 1 N–H and O–H groups in total. The van der Waals surface area contributed by atoms with E-state index in [4.69, 9.17) is 4.74 Å². The van der Waals surface area contributed by atoms with Crippen LogP contribution in [0.15, 0.2) is 11.4 Å². The van der Waals surface area contributed by atoms with Gasteiger partial charge in [-0.05, 0) is 37.1 Å². The van der Waals surface area contributed by atoms with Gasteiger partial charge in [-0.2, -0.15) is 0 Å². The fourth-order valence-electron chi connectivity index (χ4n) is 2.88. The summed E-state index contributed by atoms with van der Waals surface area (Å²) < 4.78 is 4.71. The number of methoxy groups -OCH3 is 1. The maximum atomic E-state index is 12.4. The van der Waals surface area contributed by atoms with Gasteiger partial charge in [0.1, 0.15) is 4.88 Å². The van der Waals surface area contributed by atoms with Crippen molar-refractivity contribution in [2.75, 3.05) is 19.5 Å². The summed E-state index contributed by atoms with van der Waals surface area (Å²) in [5.74, 6) is -0.546. The number of hydrogen-bond acceptors (Lipinski definition) is 5. The van der Waals surface area contributed by atoms with Crippen molar-refractivity contribution in [1.29, 1.82) is 0 Å². The zero-order valence-corrected chi connectivity index (χ0v) is 14.4. The molecule has 1 saturated carbocycles. The zero-order valence-electron chi connectivity index (χ0n) is 13.6. The minimum absolute atomic E-state index is 0.0545. The normalized spacial score (nSPS) is 20.7. The van der Waals surface area contributed by atoms with Gasteiger partial charge in [-0.3, -0.25) is 9.59 Å². The van der Waals surface area contributed by atoms with Crippen molar-refractivity contribution in [3.05, 3.63) is 16.3 Å². The highest BCUT2D eigenvalue weighted by atomic mass is 32.1. The minimum Gasteiger partial charge on any atom is -0.465 e. The van der Waals surface area contributed by atoms with Gasteiger partial charge in [-0.1, -0.05) is 0 Å². The number of carbonyl (C=O) groups is 3. The number of hydrogen-bond donors (Lipinski definition) is 1. The first-order chi connectivity index (χ1) is 10.9. The molecule has 0 atom stereocenters. The van der Waals surface area contributed by atoms with Crippen LogP contribution in [-0.2, 0) is 14.3 Å². The second kappa shape index (κ2) is 7.59. The number of carbonyl (C=O) groups excluding carboxylic acids is 3. The predicted octanol–water partition coefficient (Wildman–Crippen LogP) is 2.51. The van der Waals surface area contributed by atoms with Crippen LogP contribution in [0.5, 0.6) is 0 Å². The van der Waals surface area contributed by atoms with Gasteiger partial charge in [0.05, 0.1) is 12.8 Å². The summed E-state index contributed by atoms with van der Waals surface area (Å²) in [6.07, 6.45) is 3.13. The van der Waals surface area contributed by atoms with Gasteiger partial charge in [0.25, 0.3) is 0 Å². The summed E-state index contributed by atoms with van der Waals surface area (Å²) >= 11 is 1.24. The molecule has 0 unspecified atom stereocenters. The number of esters is 1. The van der Waals surface area contributed by atoms with Crippen molar-refractivity contribution >= 4 is 34.8 Å². The van der Waals surface area contributed by atoms with Gasteiger partial charge in [0.15, 0.2) is 0 Å². The number of nitrogens with zero attached hydrogens (tertiary/aromatic N) is 1. The highest BCUT2D eigenvalue weighted by molar-refractivity contribution is 7.12. The SMILES string of the molecule is COC(=O)c1sccc1NC(=O)C1CCC(N(C)C(C)=O)CC1. The molecule has 1 aromatic rings. The average molecular weight is 338 g/mol. The van der Waals surface area contributed by atoms with E-state index in [0.29, 0.717) is 10.6 Å². The van der Waals surface area contributed by atoms with Gasteiger partial charge in [-0.15, -0.1) is 11.3 Å². The highest BCUT2D eigenvalue weighted by Crippen LogP contribution is 2.30. The molecule has 1 aliphatic rings. The number of amides is 2. The van der Waals surface area contributed by atoms with Crippen LogP contribution in [0.2, 0.25) is 0 Å². The molecule has 6 nitrogen and oxygen atoms in total. The van der Waals surface area contributed by atoms with Crippen molar-refractivity contribution in [1.82, 2.24) is 4.90 Å². The second-order valence-corrected chi connectivity index (χ2v) is 6.70. The topological polar surface area (TPSA) is 75.7 Å². The lowest BCUT2D eigenvalue weighted by atomic mass is 9.85. The number of anilines is 1. The fraction of sp³-hybridized carbons (Fsp3) is 0.562. The first-order valence-electron chi connectivity index (χ1n) is 7.64. The Morgan fingerprint density at radius 1 is 1.26 bits per heavy atom. The summed E-state index contributed by atoms with van der Waals surface area (Å²) in [6.45, 7) is 1.56. The average Bonchev–Trinajstić information content (AvgIpc) is 3.01. The molecule has 1 fully saturated rings. The molecule has 0 bridgehead atoms. The summed E-state index contributed by atoms with van der Waals surface area (Å²) in [4.78, 5) is 37.6. The third-order valence-corrected chi connectivity index (χ3v) is 5.30. The van der Waals surface area contributed by atoms with Crippen LogP contribution in [0.1, 0.15) is 42.3 Å². The van der Waals surface area contributed by atoms with Crippen molar-refractivity contribution < 1.29 is 19.1 Å². The Labute approximate surface area is 139 Å². The first kappa shape index (κ1) is 17.5. The lowest BCUT2D eigenvalue weighted by molar-refractivity contribution is -0.130. The molecular formula is C16H22N2O4S. The van der Waals surface area contributed by atoms with Gasteiger partial charge in [0, 0.05) is 25.9 Å². The standard InChI is InChI=1S/C16H22N2O4S/c1-10(19)18(2)12-6-4-11(5-7-12)15(20)17-13-8-9-23-14(13)16(21)22-3/h8-9,11-12H,4-7H2,1-3H3,(H,17,20). The summed E-state index contributed by atoms with van der Waals surface area (Å²) in [7, 11) is 3.13. The zero-order chi connectivity index (χ0) is 17.0. The third-order valence-electron chi connectivity index (χ3n) is 4.41. The molecule has 2 amide bonds. The monoisotopic (exact) mass is 338 g/mol. The van der Waals surface area contributed by atoms with Crippen molar-refractivity contribution in [3.63, 3.8) is 0 Å². The van der Waals surface area contributed by atoms with Gasteiger partial charge in [-0.25, -0.2) is 4.79 Å². The van der Waals surface area contributed by atoms with Gasteiger partial charge >= 0.3 is 5.97 Å². The van der Waals surface area contributed by atoms with Gasteiger partial charge < -0.3 is 15.0 Å². The van der Waals surface area contributed by atoms with Crippen LogP contribution in [0, 0.1) is 5.92 Å². The quantitative estimate of drug-likeness (QED) is 0.856. The first-order valence-corrected chi connectivity index (χ1v) is 8.52. The van der Waals surface area contributed by atoms with E-state index < -0.39 is 5.97 Å². The van der Waals surface area contributed by atoms with Crippen LogP contribution in [0.4, 0.5) is 5.69 Å². The Kier molecular flexibility index (Phi) is 5.76. The summed E-state index contributed by atoms with van der Waals surface area (Å²) in [5, 5.41) is 4.58. The van der Waals surface area contributed by atoms with Crippen LogP contribution in [0.3, 0.4) is 0 Å². The van der Waals surface area contributed by atoms with E-state index in [0.717, 1.165) is 25.7 Å². The van der Waals surface area contributed by atoms with E-state index in [2.05, 4.69) is 5.32 Å². The van der Waals surface area contributed by atoms with Crippen molar-refractivity contribution in [3.8, 4) is 0 Å². The lowest BCUT2D eigenvalue weighted by Gasteiger charge is -2.33. The molecule has 1 aliphatic carbocycles. The Balaban J connectivity index is 1.92. The second-order valence-electron chi connectivity index (χ2n) is 5.78. The number of rotatable bonds is 4. The van der Waals surface area contributed by atoms with E-state index in [1.165, 1.54) is 18.4 Å². The molecule has 0 aliphatic heterocycles. The molecular weight excluding hydrogens is 316 g/mol. The Hall–Kier alpha value is -1.89. The molecule has 0 saturated heterocycles. The Morgan fingerprint density at radius 3 is 2.48 bits per heavy atom. The molecule has 2 rings (SSSR count). The van der Waals surface area contributed by atoms with Crippen molar-refractivity contribution in [2.24, 2.45) is 5.92 Å². The molecule has 1 aromatic heterocycles. The smallest absolute Gasteiger partial charge is 0.350 e. The maximum Gasteiger partial charge on any atom is 0.350 e. The molecule has 0 radical (unpaired) electrons. The van der Waals surface area contributed by atoms with E-state index >= 15 is 0 Å². The minimum atomic E-state index is -0.443. The van der Waals surface area contributed by atoms with E-state index in [1.807, 2.05) is 0 Å². The third kappa shape index (κ3) is 4.10. The van der Waals surface area contributed by atoms with E-state index in [9.17, 15) is 14.4 Å². The van der Waals surface area contributed by atoms with Crippen molar-refractivity contribution in [2.45, 2.75) is 38.6 Å². The molecule has 7 heteroatoms. The molecule has 1 heterocycles. The molecule has 0 spiro atoms. The van der Waals surface area contributed by atoms with Crippen LogP contribution < -0.4 is 5.32 Å². The largest absolute Gasteiger partial charge is 0.465 e. The highest BCUT2D eigenvalue weighted by Gasteiger charge is 2.29. The number of ether oxygens (including phenoxy) is 1. The predicted molar refractivity (Wildman–Crippen MR) is 88.5 cm³/mol. The number of nitrogens with one attached hydrogen (secondary N) is 1. The molecule has 0 aromatic carbocycles. The van der Waals surface area contributed by atoms with Crippen LogP contribution in [-0.4, -0.2) is 42.9 Å². The van der Waals surface area contributed by atoms with E-state index in [-0.39, 0.29) is 23.8 Å². The molecule has 23 heavy (non-hydrogen) atoms. The van der Waals surface area contributed by atoms with Crippen LogP contribution in [0.25, 0.3) is 0 Å². The number of thiophene rings is 1. The molecule has 126 valence electrons. The fourth-order valence-corrected chi connectivity index (χ4v) is 3.64.